The van der Waals surface area contributed by atoms with E-state index in [-0.39, 0.29) is 6.04 Å². The number of amides is 1. The number of nitrogens with zero attached hydrogens (tertiary/aromatic N) is 1. The van der Waals surface area contributed by atoms with E-state index >= 15 is 0 Å². The predicted octanol–water partition coefficient (Wildman–Crippen LogP) is 1.38. The number of rotatable bonds is 5. The Bertz CT molecular complexity index is 436. The molecule has 2 atom stereocenters. The minimum Gasteiger partial charge on any atom is -0.446 e. The molecule has 21 heavy (non-hydrogen) atoms. The molecule has 1 saturated heterocycles. The molecule has 2 unspecified atom stereocenters. The van der Waals surface area contributed by atoms with Crippen LogP contribution in [0.3, 0.4) is 0 Å². The van der Waals surface area contributed by atoms with Crippen LogP contribution in [0.2, 0.25) is 0 Å². The molecule has 1 amide bonds. The van der Waals surface area contributed by atoms with E-state index in [0.717, 1.165) is 19.3 Å². The fraction of sp³-hybridized carbons (Fsp3) is 0.923. The molecule has 1 aliphatic heterocycles. The van der Waals surface area contributed by atoms with Crippen molar-refractivity contribution < 1.29 is 23.1 Å². The predicted molar refractivity (Wildman–Crippen MR) is 78.9 cm³/mol. The van der Waals surface area contributed by atoms with E-state index in [1.165, 1.54) is 4.31 Å². The monoisotopic (exact) mass is 322 g/mol. The van der Waals surface area contributed by atoms with Gasteiger partial charge >= 0.3 is 16.3 Å². The van der Waals surface area contributed by atoms with Crippen molar-refractivity contribution in [3.63, 3.8) is 0 Å². The highest BCUT2D eigenvalue weighted by atomic mass is 32.2. The SMILES string of the molecule is CC(O)CC1CCCCCN1S(=O)(=O)NC(=O)OC(C)C. The summed E-state index contributed by atoms with van der Waals surface area (Å²) >= 11 is 0. The minimum absolute atomic E-state index is 0.295. The number of hydrogen-bond acceptors (Lipinski definition) is 5. The Morgan fingerprint density at radius 1 is 1.33 bits per heavy atom. The maximum atomic E-state index is 12.4. The molecule has 0 spiro atoms. The minimum atomic E-state index is -3.95. The molecular weight excluding hydrogens is 296 g/mol. The summed E-state index contributed by atoms with van der Waals surface area (Å²) in [5.41, 5.74) is 0. The zero-order chi connectivity index (χ0) is 16.0. The Labute approximate surface area is 126 Å². The molecule has 0 aromatic heterocycles. The smallest absolute Gasteiger partial charge is 0.422 e. The first-order chi connectivity index (χ1) is 9.72. The fourth-order valence-corrected chi connectivity index (χ4v) is 3.83. The van der Waals surface area contributed by atoms with Crippen LogP contribution >= 0.6 is 0 Å². The maximum absolute atomic E-state index is 12.4. The highest BCUT2D eigenvalue weighted by Crippen LogP contribution is 2.22. The van der Waals surface area contributed by atoms with E-state index in [4.69, 9.17) is 4.74 Å². The van der Waals surface area contributed by atoms with Gasteiger partial charge in [-0.15, -0.1) is 0 Å². The number of hydrogen-bond donors (Lipinski definition) is 2. The summed E-state index contributed by atoms with van der Waals surface area (Å²) in [6.45, 7) is 5.28. The van der Waals surface area contributed by atoms with Crippen LogP contribution in [0.15, 0.2) is 0 Å². The van der Waals surface area contributed by atoms with Crippen LogP contribution in [-0.2, 0) is 14.9 Å². The molecule has 1 fully saturated rings. The standard InChI is InChI=1S/C13H26N2O5S/c1-10(2)20-13(17)14-21(18,19)15-8-6-4-5-7-12(15)9-11(3)16/h10-12,16H,4-9H2,1-3H3,(H,14,17). The van der Waals surface area contributed by atoms with Crippen LogP contribution in [0, 0.1) is 0 Å². The molecule has 1 aliphatic rings. The van der Waals surface area contributed by atoms with Gasteiger partial charge in [0.15, 0.2) is 0 Å². The lowest BCUT2D eigenvalue weighted by Gasteiger charge is -2.29. The van der Waals surface area contributed by atoms with Crippen molar-refractivity contribution in [1.29, 1.82) is 0 Å². The lowest BCUT2D eigenvalue weighted by Crippen LogP contribution is -2.49. The second-order valence-electron chi connectivity index (χ2n) is 5.76. The Balaban J connectivity index is 2.82. The molecule has 1 heterocycles. The van der Waals surface area contributed by atoms with Gasteiger partial charge in [0.05, 0.1) is 12.2 Å². The second kappa shape index (κ2) is 7.95. The van der Waals surface area contributed by atoms with Gasteiger partial charge in [-0.1, -0.05) is 12.8 Å². The molecule has 0 bridgehead atoms. The van der Waals surface area contributed by atoms with Gasteiger partial charge in [0.1, 0.15) is 0 Å². The first-order valence-corrected chi connectivity index (χ1v) is 8.84. The van der Waals surface area contributed by atoms with Crippen LogP contribution in [0.1, 0.15) is 52.9 Å². The summed E-state index contributed by atoms with van der Waals surface area (Å²) in [4.78, 5) is 11.5. The highest BCUT2D eigenvalue weighted by molar-refractivity contribution is 7.87. The molecule has 2 N–H and O–H groups in total. The van der Waals surface area contributed by atoms with Crippen LogP contribution in [0.4, 0.5) is 4.79 Å². The molecule has 0 saturated carbocycles. The van der Waals surface area contributed by atoms with Gasteiger partial charge in [-0.05, 0) is 40.0 Å². The van der Waals surface area contributed by atoms with Crippen molar-refractivity contribution in [2.45, 2.75) is 71.1 Å². The summed E-state index contributed by atoms with van der Waals surface area (Å²) in [6, 6.07) is -0.295. The number of aliphatic hydroxyl groups excluding tert-OH is 1. The van der Waals surface area contributed by atoms with E-state index in [1.807, 2.05) is 4.72 Å². The third-order valence-electron chi connectivity index (χ3n) is 3.30. The first kappa shape index (κ1) is 18.2. The summed E-state index contributed by atoms with van der Waals surface area (Å²) in [6.07, 6.45) is 1.70. The van der Waals surface area contributed by atoms with E-state index in [1.54, 1.807) is 20.8 Å². The molecule has 124 valence electrons. The number of nitrogens with one attached hydrogen (secondary N) is 1. The summed E-state index contributed by atoms with van der Waals surface area (Å²) in [5, 5.41) is 9.55. The quantitative estimate of drug-likeness (QED) is 0.797. The second-order valence-corrected chi connectivity index (χ2v) is 7.38. The number of ether oxygens (including phenoxy) is 1. The van der Waals surface area contributed by atoms with Gasteiger partial charge in [-0.2, -0.15) is 12.7 Å². The van der Waals surface area contributed by atoms with Gasteiger partial charge in [0.25, 0.3) is 0 Å². The molecule has 0 aliphatic carbocycles. The van der Waals surface area contributed by atoms with Gasteiger partial charge in [-0.25, -0.2) is 9.52 Å². The average molecular weight is 322 g/mol. The van der Waals surface area contributed by atoms with Crippen LogP contribution in [-0.4, -0.2) is 48.7 Å². The van der Waals surface area contributed by atoms with Crippen LogP contribution in [0.25, 0.3) is 0 Å². The van der Waals surface area contributed by atoms with E-state index in [0.29, 0.717) is 19.4 Å². The molecule has 0 aromatic carbocycles. The number of carbonyl (C=O) groups is 1. The largest absolute Gasteiger partial charge is 0.446 e. The van der Waals surface area contributed by atoms with Crippen LogP contribution < -0.4 is 4.72 Å². The third kappa shape index (κ3) is 6.19. The fourth-order valence-electron chi connectivity index (χ4n) is 2.50. The van der Waals surface area contributed by atoms with E-state index in [2.05, 4.69) is 0 Å². The molecule has 0 aromatic rings. The van der Waals surface area contributed by atoms with Crippen molar-refractivity contribution >= 4 is 16.3 Å². The lowest BCUT2D eigenvalue weighted by molar-refractivity contribution is 0.120. The van der Waals surface area contributed by atoms with Crippen molar-refractivity contribution in [2.75, 3.05) is 6.54 Å². The molecule has 8 heteroatoms. The highest BCUT2D eigenvalue weighted by Gasteiger charge is 2.33. The first-order valence-electron chi connectivity index (χ1n) is 7.40. The maximum Gasteiger partial charge on any atom is 0.422 e. The third-order valence-corrected chi connectivity index (χ3v) is 4.82. The Morgan fingerprint density at radius 2 is 2.00 bits per heavy atom. The van der Waals surface area contributed by atoms with Crippen molar-refractivity contribution in [3.8, 4) is 0 Å². The number of carbonyl (C=O) groups excluding carboxylic acids is 1. The van der Waals surface area contributed by atoms with Crippen molar-refractivity contribution in [1.82, 2.24) is 9.03 Å². The lowest BCUT2D eigenvalue weighted by atomic mass is 10.1. The summed E-state index contributed by atoms with van der Waals surface area (Å²) < 4.78 is 32.8. The van der Waals surface area contributed by atoms with Crippen molar-refractivity contribution in [2.24, 2.45) is 0 Å². The van der Waals surface area contributed by atoms with Gasteiger partial charge in [0.2, 0.25) is 0 Å². The molecular formula is C13H26N2O5S. The van der Waals surface area contributed by atoms with Gasteiger partial charge < -0.3 is 9.84 Å². The van der Waals surface area contributed by atoms with Gasteiger partial charge in [0, 0.05) is 12.6 Å². The molecule has 0 radical (unpaired) electrons. The van der Waals surface area contributed by atoms with Crippen molar-refractivity contribution in [3.05, 3.63) is 0 Å². The summed E-state index contributed by atoms with van der Waals surface area (Å²) in [5.74, 6) is 0. The van der Waals surface area contributed by atoms with E-state index < -0.39 is 28.5 Å². The molecule has 7 nitrogen and oxygen atoms in total. The Morgan fingerprint density at radius 3 is 2.57 bits per heavy atom. The average Bonchev–Trinajstić information content (AvgIpc) is 2.51. The summed E-state index contributed by atoms with van der Waals surface area (Å²) in [7, 11) is -3.95. The van der Waals surface area contributed by atoms with E-state index in [9.17, 15) is 18.3 Å². The number of aliphatic hydroxyl groups is 1. The Kier molecular flexibility index (Phi) is 6.89. The Hall–Kier alpha value is -0.860. The normalized spacial score (nSPS) is 22.6. The zero-order valence-electron chi connectivity index (χ0n) is 12.9. The molecule has 1 rings (SSSR count). The van der Waals surface area contributed by atoms with Crippen LogP contribution in [0.5, 0.6) is 0 Å². The van der Waals surface area contributed by atoms with Gasteiger partial charge in [-0.3, -0.25) is 0 Å². The zero-order valence-corrected chi connectivity index (χ0v) is 13.7. The topological polar surface area (TPSA) is 95.9 Å².